The monoisotopic (exact) mass is 548 g/mol. The second kappa shape index (κ2) is 13.5. The number of nitrogens with one attached hydrogen (secondary N) is 2. The Bertz CT molecular complexity index is 558. The van der Waals surface area contributed by atoms with Gasteiger partial charge in [-0.05, 0) is 31.6 Å². The van der Waals surface area contributed by atoms with Crippen LogP contribution in [0.4, 0.5) is 0 Å². The number of halogens is 1. The molecule has 2 aliphatic rings. The minimum atomic E-state index is -3.21. The zero-order chi connectivity index (χ0) is 19.6. The maximum absolute atomic E-state index is 12.5. The Labute approximate surface area is 192 Å². The minimum Gasteiger partial charge on any atom is -0.396 e. The van der Waals surface area contributed by atoms with E-state index in [9.17, 15) is 13.5 Å². The highest BCUT2D eigenvalue weighted by molar-refractivity contribution is 14.0. The number of thioether (sulfide) groups is 1. The fourth-order valence-electron chi connectivity index (χ4n) is 3.87. The Kier molecular flexibility index (Phi) is 12.7. The molecule has 0 spiro atoms. The molecule has 1 heterocycles. The zero-order valence-corrected chi connectivity index (χ0v) is 21.0. The summed E-state index contributed by atoms with van der Waals surface area (Å²) < 4.78 is 26.5. The van der Waals surface area contributed by atoms with Crippen LogP contribution in [0.5, 0.6) is 0 Å². The summed E-state index contributed by atoms with van der Waals surface area (Å²) >= 11 is 1.81. The molecule has 1 saturated heterocycles. The molecule has 0 bridgehead atoms. The first-order valence-electron chi connectivity index (χ1n) is 10.2. The molecule has 166 valence electrons. The summed E-state index contributed by atoms with van der Waals surface area (Å²) in [6.07, 6.45) is 6.67. The van der Waals surface area contributed by atoms with Crippen molar-refractivity contribution in [3.05, 3.63) is 0 Å². The molecule has 3 N–H and O–H groups in total. The minimum absolute atomic E-state index is 0. The quantitative estimate of drug-likeness (QED) is 0.232. The van der Waals surface area contributed by atoms with E-state index < -0.39 is 10.0 Å². The molecule has 0 aromatic carbocycles. The van der Waals surface area contributed by atoms with E-state index in [1.165, 1.54) is 19.3 Å². The Morgan fingerprint density at radius 1 is 1.18 bits per heavy atom. The van der Waals surface area contributed by atoms with Crippen molar-refractivity contribution >= 4 is 51.7 Å². The molecule has 2 fully saturated rings. The number of hydrogen-bond donors (Lipinski definition) is 3. The average Bonchev–Trinajstić information content (AvgIpc) is 2.68. The smallest absolute Gasteiger partial charge is 0.215 e. The highest BCUT2D eigenvalue weighted by Crippen LogP contribution is 2.39. The van der Waals surface area contributed by atoms with E-state index in [0.717, 1.165) is 37.3 Å². The van der Waals surface area contributed by atoms with Crippen molar-refractivity contribution in [2.45, 2.75) is 45.4 Å². The summed E-state index contributed by atoms with van der Waals surface area (Å²) in [6, 6.07) is 0. The van der Waals surface area contributed by atoms with Crippen LogP contribution in [0.15, 0.2) is 4.99 Å². The molecule has 0 unspecified atom stereocenters. The largest absolute Gasteiger partial charge is 0.396 e. The maximum atomic E-state index is 12.5. The van der Waals surface area contributed by atoms with Gasteiger partial charge in [0.15, 0.2) is 5.96 Å². The van der Waals surface area contributed by atoms with E-state index in [1.54, 1.807) is 16.1 Å². The fourth-order valence-corrected chi connectivity index (χ4v) is 6.36. The van der Waals surface area contributed by atoms with Gasteiger partial charge in [0.1, 0.15) is 0 Å². The van der Waals surface area contributed by atoms with E-state index >= 15 is 0 Å². The lowest BCUT2D eigenvalue weighted by Gasteiger charge is -2.35. The van der Waals surface area contributed by atoms with Crippen LogP contribution in [0.2, 0.25) is 0 Å². The first-order valence-corrected chi connectivity index (χ1v) is 13.0. The van der Waals surface area contributed by atoms with Gasteiger partial charge < -0.3 is 15.7 Å². The number of aliphatic hydroxyl groups is 1. The normalized spacial score (nSPS) is 21.0. The molecule has 2 rings (SSSR count). The summed E-state index contributed by atoms with van der Waals surface area (Å²) in [7, 11) is -3.21. The van der Waals surface area contributed by atoms with Gasteiger partial charge in [0.2, 0.25) is 10.0 Å². The first-order chi connectivity index (χ1) is 13.0. The molecule has 28 heavy (non-hydrogen) atoms. The van der Waals surface area contributed by atoms with Gasteiger partial charge in [0, 0.05) is 50.8 Å². The predicted octanol–water partition coefficient (Wildman–Crippen LogP) is 1.87. The van der Waals surface area contributed by atoms with E-state index in [0.29, 0.717) is 32.1 Å². The van der Waals surface area contributed by atoms with E-state index in [2.05, 4.69) is 10.6 Å². The molecule has 10 heteroatoms. The number of nitrogens with zero attached hydrogens (tertiary/aromatic N) is 2. The molecule has 1 aliphatic carbocycles. The first kappa shape index (κ1) is 26.3. The fraction of sp³-hybridized carbons (Fsp3) is 0.944. The molecular formula is C18H37IN4O3S2. The number of aliphatic imine (C=N–C) groups is 1. The van der Waals surface area contributed by atoms with Crippen LogP contribution in [0.25, 0.3) is 0 Å². The van der Waals surface area contributed by atoms with Crippen LogP contribution in [-0.2, 0) is 10.0 Å². The topological polar surface area (TPSA) is 94.0 Å². The van der Waals surface area contributed by atoms with Crippen LogP contribution in [0.3, 0.4) is 0 Å². The Balaban J connectivity index is 0.00000392. The third kappa shape index (κ3) is 8.53. The van der Waals surface area contributed by atoms with Crippen molar-refractivity contribution in [1.82, 2.24) is 14.9 Å². The van der Waals surface area contributed by atoms with Crippen LogP contribution in [0.1, 0.15) is 45.4 Å². The molecule has 1 aliphatic heterocycles. The van der Waals surface area contributed by atoms with Crippen molar-refractivity contribution < 1.29 is 13.5 Å². The lowest BCUT2D eigenvalue weighted by atomic mass is 9.72. The van der Waals surface area contributed by atoms with Crippen molar-refractivity contribution in [3.8, 4) is 0 Å². The van der Waals surface area contributed by atoms with E-state index in [-0.39, 0.29) is 41.8 Å². The molecule has 0 aromatic heterocycles. The van der Waals surface area contributed by atoms with Crippen LogP contribution in [0, 0.1) is 5.41 Å². The highest BCUT2D eigenvalue weighted by Gasteiger charge is 2.31. The van der Waals surface area contributed by atoms with Crippen LogP contribution < -0.4 is 10.6 Å². The predicted molar refractivity (Wildman–Crippen MR) is 129 cm³/mol. The van der Waals surface area contributed by atoms with Crippen molar-refractivity contribution in [3.63, 3.8) is 0 Å². The summed E-state index contributed by atoms with van der Waals surface area (Å²) in [6.45, 7) is 5.20. The van der Waals surface area contributed by atoms with Crippen molar-refractivity contribution in [2.24, 2.45) is 10.4 Å². The second-order valence-electron chi connectivity index (χ2n) is 7.48. The molecule has 1 saturated carbocycles. The summed E-state index contributed by atoms with van der Waals surface area (Å²) in [4.78, 5) is 4.73. The SMILES string of the molecule is CCNC(=NCC1(CCO)CCCCC1)NCCS(=O)(=O)N1CCSCC1.I. The van der Waals surface area contributed by atoms with Gasteiger partial charge in [-0.1, -0.05) is 19.3 Å². The summed E-state index contributed by atoms with van der Waals surface area (Å²) in [5, 5.41) is 15.8. The van der Waals surface area contributed by atoms with Gasteiger partial charge in [0.25, 0.3) is 0 Å². The number of guanidine groups is 1. The van der Waals surface area contributed by atoms with Gasteiger partial charge >= 0.3 is 0 Å². The van der Waals surface area contributed by atoms with Gasteiger partial charge in [-0.2, -0.15) is 11.8 Å². The van der Waals surface area contributed by atoms with E-state index in [4.69, 9.17) is 4.99 Å². The van der Waals surface area contributed by atoms with Gasteiger partial charge in [-0.3, -0.25) is 4.99 Å². The van der Waals surface area contributed by atoms with Crippen LogP contribution in [-0.4, -0.2) is 80.4 Å². The molecule has 0 amide bonds. The van der Waals surface area contributed by atoms with Crippen LogP contribution >= 0.6 is 35.7 Å². The lowest BCUT2D eigenvalue weighted by molar-refractivity contribution is 0.137. The number of aliphatic hydroxyl groups excluding tert-OH is 1. The molecule has 0 aromatic rings. The van der Waals surface area contributed by atoms with E-state index in [1.807, 2.05) is 6.92 Å². The average molecular weight is 549 g/mol. The van der Waals surface area contributed by atoms with Crippen molar-refractivity contribution in [1.29, 1.82) is 0 Å². The standard InChI is InChI=1S/C18H36N4O3S2.HI/c1-2-19-17(21-16-18(8-12-23)6-4-3-5-7-18)20-9-15-27(24,25)22-10-13-26-14-11-22;/h23H,2-16H2,1H3,(H2,19,20,21);1H. The zero-order valence-electron chi connectivity index (χ0n) is 17.0. The number of sulfonamides is 1. The maximum Gasteiger partial charge on any atom is 0.215 e. The summed E-state index contributed by atoms with van der Waals surface area (Å²) in [5.41, 5.74) is 0.0902. The third-order valence-electron chi connectivity index (χ3n) is 5.49. The van der Waals surface area contributed by atoms with Gasteiger partial charge in [-0.25, -0.2) is 12.7 Å². The summed E-state index contributed by atoms with van der Waals surface area (Å²) in [5.74, 6) is 2.52. The van der Waals surface area contributed by atoms with Gasteiger partial charge in [-0.15, -0.1) is 24.0 Å². The van der Waals surface area contributed by atoms with Gasteiger partial charge in [0.05, 0.1) is 5.75 Å². The number of rotatable bonds is 9. The van der Waals surface area contributed by atoms with Crippen molar-refractivity contribution in [2.75, 3.05) is 56.6 Å². The second-order valence-corrected chi connectivity index (χ2v) is 10.8. The highest BCUT2D eigenvalue weighted by atomic mass is 127. The molecule has 7 nitrogen and oxygen atoms in total. The lowest BCUT2D eigenvalue weighted by Crippen LogP contribution is -2.44. The number of hydrogen-bond acceptors (Lipinski definition) is 5. The molecular weight excluding hydrogens is 511 g/mol. The molecule has 0 radical (unpaired) electrons. The Hall–Kier alpha value is 0.220. The Morgan fingerprint density at radius 3 is 2.46 bits per heavy atom. The third-order valence-corrected chi connectivity index (χ3v) is 8.30. The Morgan fingerprint density at radius 2 is 1.86 bits per heavy atom. The molecule has 0 atom stereocenters.